The average Bonchev–Trinajstić information content (AvgIpc) is 2.27. The van der Waals surface area contributed by atoms with Gasteiger partial charge in [0.05, 0.1) is 6.26 Å². The van der Waals surface area contributed by atoms with Crippen molar-refractivity contribution in [2.24, 2.45) is 0 Å². The molecule has 2 unspecified atom stereocenters. The summed E-state index contributed by atoms with van der Waals surface area (Å²) in [4.78, 5) is 12.0. The Balaban J connectivity index is 2.55. The van der Waals surface area contributed by atoms with Gasteiger partial charge in [-0.25, -0.2) is 4.79 Å². The summed E-state index contributed by atoms with van der Waals surface area (Å²) in [7, 11) is 0. The number of rotatable bonds is 5. The first-order valence-corrected chi connectivity index (χ1v) is 6.29. The topological polar surface area (TPSA) is 44.8 Å². The molecule has 0 amide bonds. The molecule has 1 aliphatic rings. The second-order valence-corrected chi connectivity index (χ2v) is 5.16. The van der Waals surface area contributed by atoms with Crippen molar-refractivity contribution in [2.45, 2.75) is 58.5 Å². The van der Waals surface area contributed by atoms with Crippen molar-refractivity contribution in [1.82, 2.24) is 0 Å². The fourth-order valence-corrected chi connectivity index (χ4v) is 1.48. The van der Waals surface area contributed by atoms with Gasteiger partial charge in [0.25, 0.3) is 0 Å². The largest absolute Gasteiger partial charge is 0.469 e. The molecule has 4 nitrogen and oxygen atoms in total. The molecule has 0 saturated heterocycles. The fraction of sp³-hybridized carbons (Fsp3) is 0.643. The number of ether oxygens (including phenoxy) is 3. The van der Waals surface area contributed by atoms with Crippen LogP contribution in [0.25, 0.3) is 0 Å². The van der Waals surface area contributed by atoms with Crippen LogP contribution in [0.4, 0.5) is 0 Å². The maximum atomic E-state index is 12.0. The SMILES string of the molecule is CCCC(OC1C=CC=CO1)C(=O)OC(C)(C)C. The van der Waals surface area contributed by atoms with Gasteiger partial charge in [-0.05, 0) is 39.3 Å². The monoisotopic (exact) mass is 254 g/mol. The predicted molar refractivity (Wildman–Crippen MR) is 68.8 cm³/mol. The van der Waals surface area contributed by atoms with E-state index in [2.05, 4.69) is 0 Å². The first-order chi connectivity index (χ1) is 8.42. The lowest BCUT2D eigenvalue weighted by atomic mass is 10.1. The van der Waals surface area contributed by atoms with E-state index in [1.165, 1.54) is 0 Å². The summed E-state index contributed by atoms with van der Waals surface area (Å²) in [6.45, 7) is 7.52. The van der Waals surface area contributed by atoms with Gasteiger partial charge in [0.2, 0.25) is 6.29 Å². The first-order valence-electron chi connectivity index (χ1n) is 6.29. The summed E-state index contributed by atoms with van der Waals surface area (Å²) < 4.78 is 16.2. The summed E-state index contributed by atoms with van der Waals surface area (Å²) >= 11 is 0. The van der Waals surface area contributed by atoms with Crippen LogP contribution in [0.5, 0.6) is 0 Å². The second kappa shape index (κ2) is 6.59. The van der Waals surface area contributed by atoms with E-state index in [0.29, 0.717) is 6.42 Å². The summed E-state index contributed by atoms with van der Waals surface area (Å²) in [6, 6.07) is 0. The molecule has 1 rings (SSSR count). The molecular formula is C14H22O4. The van der Waals surface area contributed by atoms with Crippen molar-refractivity contribution < 1.29 is 19.0 Å². The van der Waals surface area contributed by atoms with Crippen molar-refractivity contribution in [3.8, 4) is 0 Å². The standard InChI is InChI=1S/C14H22O4/c1-5-8-11(13(15)18-14(2,3)4)17-12-9-6-7-10-16-12/h6-7,9-12H,5,8H2,1-4H3. The highest BCUT2D eigenvalue weighted by Gasteiger charge is 2.27. The minimum atomic E-state index is -0.588. The maximum absolute atomic E-state index is 12.0. The number of hydrogen-bond acceptors (Lipinski definition) is 4. The molecule has 0 bridgehead atoms. The Kier molecular flexibility index (Phi) is 5.41. The van der Waals surface area contributed by atoms with Gasteiger partial charge >= 0.3 is 5.97 Å². The highest BCUT2D eigenvalue weighted by Crippen LogP contribution is 2.16. The number of esters is 1. The highest BCUT2D eigenvalue weighted by atomic mass is 16.7. The maximum Gasteiger partial charge on any atom is 0.335 e. The van der Waals surface area contributed by atoms with Crippen molar-refractivity contribution >= 4 is 5.97 Å². The van der Waals surface area contributed by atoms with E-state index in [9.17, 15) is 4.79 Å². The minimum absolute atomic E-state index is 0.337. The van der Waals surface area contributed by atoms with Gasteiger partial charge in [0.15, 0.2) is 6.10 Å². The third kappa shape index (κ3) is 5.36. The Morgan fingerprint density at radius 1 is 1.39 bits per heavy atom. The third-order valence-corrected chi connectivity index (χ3v) is 2.19. The van der Waals surface area contributed by atoms with Gasteiger partial charge in [-0.2, -0.15) is 0 Å². The summed E-state index contributed by atoms with van der Waals surface area (Å²) in [6.07, 6.45) is 7.25. The molecule has 0 aromatic rings. The van der Waals surface area contributed by atoms with E-state index in [0.717, 1.165) is 6.42 Å². The molecule has 0 aliphatic carbocycles. The van der Waals surface area contributed by atoms with Gasteiger partial charge in [0.1, 0.15) is 5.60 Å². The van der Waals surface area contributed by atoms with E-state index < -0.39 is 18.0 Å². The van der Waals surface area contributed by atoms with Crippen LogP contribution in [0.3, 0.4) is 0 Å². The van der Waals surface area contributed by atoms with E-state index in [1.54, 1.807) is 18.4 Å². The first kappa shape index (κ1) is 14.8. The van der Waals surface area contributed by atoms with Gasteiger partial charge < -0.3 is 14.2 Å². The quantitative estimate of drug-likeness (QED) is 0.708. The molecule has 4 heteroatoms. The Labute approximate surface area is 109 Å². The van der Waals surface area contributed by atoms with E-state index in [-0.39, 0.29) is 5.97 Å². The van der Waals surface area contributed by atoms with E-state index in [4.69, 9.17) is 14.2 Å². The lowest BCUT2D eigenvalue weighted by Crippen LogP contribution is -2.36. The zero-order valence-corrected chi connectivity index (χ0v) is 11.5. The molecule has 102 valence electrons. The Morgan fingerprint density at radius 2 is 2.11 bits per heavy atom. The Bertz CT molecular complexity index is 325. The molecule has 0 N–H and O–H groups in total. The summed E-state index contributed by atoms with van der Waals surface area (Å²) in [5.74, 6) is -0.337. The summed E-state index contributed by atoms with van der Waals surface area (Å²) in [5.41, 5.74) is -0.504. The normalized spacial score (nSPS) is 20.3. The summed E-state index contributed by atoms with van der Waals surface area (Å²) in [5, 5.41) is 0. The zero-order valence-electron chi connectivity index (χ0n) is 11.5. The molecule has 0 saturated carbocycles. The number of hydrogen-bond donors (Lipinski definition) is 0. The van der Waals surface area contributed by atoms with Crippen LogP contribution in [-0.2, 0) is 19.0 Å². The van der Waals surface area contributed by atoms with Crippen LogP contribution in [0.2, 0.25) is 0 Å². The van der Waals surface area contributed by atoms with Crippen LogP contribution in [-0.4, -0.2) is 24.0 Å². The van der Waals surface area contributed by atoms with Gasteiger partial charge in [0, 0.05) is 0 Å². The fourth-order valence-electron chi connectivity index (χ4n) is 1.48. The second-order valence-electron chi connectivity index (χ2n) is 5.16. The molecule has 0 radical (unpaired) electrons. The molecule has 0 fully saturated rings. The van der Waals surface area contributed by atoms with E-state index in [1.807, 2.05) is 33.8 Å². The molecule has 1 heterocycles. The van der Waals surface area contributed by atoms with Crippen LogP contribution in [0, 0.1) is 0 Å². The zero-order chi connectivity index (χ0) is 13.6. The Morgan fingerprint density at radius 3 is 2.61 bits per heavy atom. The van der Waals surface area contributed by atoms with Crippen molar-refractivity contribution in [3.05, 3.63) is 24.5 Å². The van der Waals surface area contributed by atoms with Crippen LogP contribution >= 0.6 is 0 Å². The number of carbonyl (C=O) groups is 1. The number of allylic oxidation sites excluding steroid dienone is 2. The smallest absolute Gasteiger partial charge is 0.335 e. The molecule has 18 heavy (non-hydrogen) atoms. The minimum Gasteiger partial charge on any atom is -0.469 e. The van der Waals surface area contributed by atoms with Crippen molar-refractivity contribution in [2.75, 3.05) is 0 Å². The average molecular weight is 254 g/mol. The molecule has 2 atom stereocenters. The lowest BCUT2D eigenvalue weighted by molar-refractivity contribution is -0.184. The van der Waals surface area contributed by atoms with Gasteiger partial charge in [-0.3, -0.25) is 0 Å². The van der Waals surface area contributed by atoms with Gasteiger partial charge in [-0.15, -0.1) is 0 Å². The lowest BCUT2D eigenvalue weighted by Gasteiger charge is -2.26. The van der Waals surface area contributed by atoms with Crippen molar-refractivity contribution in [1.29, 1.82) is 0 Å². The van der Waals surface area contributed by atoms with E-state index >= 15 is 0 Å². The van der Waals surface area contributed by atoms with Crippen LogP contribution in [0.1, 0.15) is 40.5 Å². The molecular weight excluding hydrogens is 232 g/mol. The van der Waals surface area contributed by atoms with Gasteiger partial charge in [-0.1, -0.05) is 19.4 Å². The Hall–Kier alpha value is -1.29. The third-order valence-electron chi connectivity index (χ3n) is 2.19. The molecule has 1 aliphatic heterocycles. The molecule has 0 aromatic heterocycles. The van der Waals surface area contributed by atoms with Crippen LogP contribution in [0.15, 0.2) is 24.5 Å². The van der Waals surface area contributed by atoms with Crippen molar-refractivity contribution in [3.63, 3.8) is 0 Å². The number of carbonyl (C=O) groups excluding carboxylic acids is 1. The highest BCUT2D eigenvalue weighted by molar-refractivity contribution is 5.75. The predicted octanol–water partition coefficient (Wildman–Crippen LogP) is 2.94. The molecule has 0 spiro atoms. The molecule has 0 aromatic carbocycles. The van der Waals surface area contributed by atoms with Crippen LogP contribution < -0.4 is 0 Å².